The third kappa shape index (κ3) is 6.94. The Bertz CT molecular complexity index is 1500. The molecule has 0 aliphatic heterocycles. The minimum Gasteiger partial charge on any atom is -0.366 e. The molecule has 1 N–H and O–H groups in total. The molecule has 5 aromatic rings. The molecule has 0 spiro atoms. The molecule has 0 bridgehead atoms. The van der Waals surface area contributed by atoms with Crippen molar-refractivity contribution in [3.63, 3.8) is 0 Å². The highest BCUT2D eigenvalue weighted by atomic mass is 15.2. The van der Waals surface area contributed by atoms with E-state index in [2.05, 4.69) is 77.8 Å². The van der Waals surface area contributed by atoms with E-state index in [1.807, 2.05) is 36.5 Å². The molecule has 0 aliphatic carbocycles. The summed E-state index contributed by atoms with van der Waals surface area (Å²) in [7, 11) is 0. The zero-order valence-corrected chi connectivity index (χ0v) is 23.3. The average molecular weight is 529 g/mol. The molecule has 40 heavy (non-hydrogen) atoms. The van der Waals surface area contributed by atoms with Crippen LogP contribution in [0.4, 0.5) is 5.82 Å². The highest BCUT2D eigenvalue weighted by molar-refractivity contribution is 5.78. The third-order valence-electron chi connectivity index (χ3n) is 6.95. The molecule has 3 heterocycles. The first kappa shape index (κ1) is 27.1. The third-order valence-corrected chi connectivity index (χ3v) is 6.95. The van der Waals surface area contributed by atoms with Crippen LogP contribution in [0.5, 0.6) is 0 Å². The Labute approximate surface area is 237 Å². The number of rotatable bonds is 12. The highest BCUT2D eigenvalue weighted by Crippen LogP contribution is 2.31. The van der Waals surface area contributed by atoms with Crippen molar-refractivity contribution in [1.82, 2.24) is 25.1 Å². The number of hydrogen-bond donors (Lipinski definition) is 1. The first-order valence-corrected chi connectivity index (χ1v) is 14.3. The fraction of sp³-hybridized carbons (Fsp3) is 0.265. The van der Waals surface area contributed by atoms with Crippen LogP contribution < -0.4 is 5.32 Å². The van der Waals surface area contributed by atoms with Crippen LogP contribution in [0.1, 0.15) is 56.2 Å². The quantitative estimate of drug-likeness (QED) is 0.177. The maximum absolute atomic E-state index is 5.04. The number of hydrogen-bond acceptors (Lipinski definition) is 6. The van der Waals surface area contributed by atoms with E-state index >= 15 is 0 Å². The van der Waals surface area contributed by atoms with Crippen molar-refractivity contribution in [2.45, 2.75) is 58.9 Å². The fourth-order valence-electron chi connectivity index (χ4n) is 4.60. The molecule has 0 radical (unpaired) electrons. The maximum Gasteiger partial charge on any atom is 0.201 e. The predicted octanol–water partition coefficient (Wildman–Crippen LogP) is 7.96. The first-order valence-electron chi connectivity index (χ1n) is 14.3. The summed E-state index contributed by atoms with van der Waals surface area (Å²) in [5, 5.41) is 12.6. The summed E-state index contributed by atoms with van der Waals surface area (Å²) in [6, 6.07) is 27.1. The lowest BCUT2D eigenvalue weighted by Crippen LogP contribution is -2.04. The van der Waals surface area contributed by atoms with Gasteiger partial charge in [-0.1, -0.05) is 87.4 Å². The van der Waals surface area contributed by atoms with Crippen molar-refractivity contribution < 1.29 is 0 Å². The van der Waals surface area contributed by atoms with E-state index in [0.717, 1.165) is 46.7 Å². The molecule has 0 amide bonds. The molecule has 202 valence electrons. The van der Waals surface area contributed by atoms with Crippen molar-refractivity contribution in [2.75, 3.05) is 5.32 Å². The van der Waals surface area contributed by atoms with Crippen LogP contribution in [0.25, 0.3) is 34.0 Å². The molecular formula is C34H36N6. The maximum atomic E-state index is 5.04. The van der Waals surface area contributed by atoms with Gasteiger partial charge in [-0.3, -0.25) is 4.98 Å². The Morgan fingerprint density at radius 1 is 0.625 bits per heavy atom. The second-order valence-electron chi connectivity index (χ2n) is 10.1. The molecular weight excluding hydrogens is 492 g/mol. The van der Waals surface area contributed by atoms with Gasteiger partial charge in [0.15, 0.2) is 0 Å². The van der Waals surface area contributed by atoms with E-state index in [-0.39, 0.29) is 0 Å². The van der Waals surface area contributed by atoms with Gasteiger partial charge in [0.25, 0.3) is 0 Å². The summed E-state index contributed by atoms with van der Waals surface area (Å²) in [5.74, 6) is 1.25. The number of nitrogens with zero attached hydrogens (tertiary/aromatic N) is 5. The second kappa shape index (κ2) is 13.6. The molecule has 0 unspecified atom stereocenters. The Morgan fingerprint density at radius 2 is 1.30 bits per heavy atom. The van der Waals surface area contributed by atoms with E-state index < -0.39 is 0 Å². The molecule has 5 rings (SSSR count). The molecule has 3 aromatic heterocycles. The summed E-state index contributed by atoms with van der Waals surface area (Å²) >= 11 is 0. The van der Waals surface area contributed by atoms with Crippen LogP contribution in [-0.2, 0) is 19.4 Å². The summed E-state index contributed by atoms with van der Waals surface area (Å²) in [4.78, 5) is 14.0. The highest BCUT2D eigenvalue weighted by Gasteiger charge is 2.16. The van der Waals surface area contributed by atoms with Crippen molar-refractivity contribution in [3.05, 3.63) is 108 Å². The normalized spacial score (nSPS) is 10.9. The standard InChI is InChI=1S/C34H36N6/c1-3-5-9-25-14-18-28(19-15-25)32-33(29-20-16-26(17-21-29)10-6-4-2)39-40-34(38-32)30-12-7-13-31(37-30)36-24-27-11-8-22-35-23-27/h7-8,11-23H,3-6,9-10,24H2,1-2H3,(H,36,37). The molecule has 0 atom stereocenters. The Balaban J connectivity index is 1.47. The van der Waals surface area contributed by atoms with Crippen LogP contribution in [0.15, 0.2) is 91.3 Å². The molecule has 0 saturated heterocycles. The fourth-order valence-corrected chi connectivity index (χ4v) is 4.60. The minimum atomic E-state index is 0.499. The van der Waals surface area contributed by atoms with Crippen LogP contribution in [0.3, 0.4) is 0 Å². The Hall–Kier alpha value is -4.45. The lowest BCUT2D eigenvalue weighted by molar-refractivity contribution is 0.795. The van der Waals surface area contributed by atoms with Gasteiger partial charge in [0.05, 0.1) is 0 Å². The monoisotopic (exact) mass is 528 g/mol. The summed E-state index contributed by atoms with van der Waals surface area (Å²) in [6.45, 7) is 5.07. The van der Waals surface area contributed by atoms with E-state index in [4.69, 9.17) is 15.1 Å². The SMILES string of the molecule is CCCCc1ccc(-c2nnc(-c3cccc(NCc4cccnc4)n3)nc2-c2ccc(CCCC)cc2)cc1. The van der Waals surface area contributed by atoms with Gasteiger partial charge in [-0.25, -0.2) is 9.97 Å². The van der Waals surface area contributed by atoms with Gasteiger partial charge < -0.3 is 5.32 Å². The number of aromatic nitrogens is 5. The number of nitrogens with one attached hydrogen (secondary N) is 1. The zero-order valence-electron chi connectivity index (χ0n) is 23.3. The number of aryl methyl sites for hydroxylation is 2. The van der Waals surface area contributed by atoms with Gasteiger partial charge >= 0.3 is 0 Å². The molecule has 0 saturated carbocycles. The molecule has 6 nitrogen and oxygen atoms in total. The van der Waals surface area contributed by atoms with Crippen LogP contribution in [0, 0.1) is 0 Å². The largest absolute Gasteiger partial charge is 0.366 e. The van der Waals surface area contributed by atoms with E-state index in [1.54, 1.807) is 6.20 Å². The lowest BCUT2D eigenvalue weighted by atomic mass is 10.00. The van der Waals surface area contributed by atoms with E-state index in [0.29, 0.717) is 18.1 Å². The lowest BCUT2D eigenvalue weighted by Gasteiger charge is -2.12. The van der Waals surface area contributed by atoms with Gasteiger partial charge in [-0.2, -0.15) is 0 Å². The van der Waals surface area contributed by atoms with E-state index in [9.17, 15) is 0 Å². The summed E-state index contributed by atoms with van der Waals surface area (Å²) in [6.07, 6.45) is 10.5. The smallest absolute Gasteiger partial charge is 0.201 e. The topological polar surface area (TPSA) is 76.5 Å². The Kier molecular flexibility index (Phi) is 9.20. The van der Waals surface area contributed by atoms with Crippen molar-refractivity contribution >= 4 is 5.82 Å². The zero-order chi connectivity index (χ0) is 27.6. The molecule has 2 aromatic carbocycles. The van der Waals surface area contributed by atoms with Gasteiger partial charge in [0.1, 0.15) is 22.9 Å². The van der Waals surface area contributed by atoms with Gasteiger partial charge in [0, 0.05) is 30.1 Å². The molecule has 0 fully saturated rings. The van der Waals surface area contributed by atoms with Crippen LogP contribution >= 0.6 is 0 Å². The van der Waals surface area contributed by atoms with Crippen LogP contribution in [0.2, 0.25) is 0 Å². The van der Waals surface area contributed by atoms with Gasteiger partial charge in [-0.15, -0.1) is 10.2 Å². The summed E-state index contributed by atoms with van der Waals surface area (Å²) in [5.41, 5.74) is 8.05. The minimum absolute atomic E-state index is 0.499. The van der Waals surface area contributed by atoms with E-state index in [1.165, 1.54) is 36.8 Å². The number of pyridine rings is 2. The van der Waals surface area contributed by atoms with Crippen LogP contribution in [-0.4, -0.2) is 25.1 Å². The number of unbranched alkanes of at least 4 members (excludes halogenated alkanes) is 2. The average Bonchev–Trinajstić information content (AvgIpc) is 3.03. The first-order chi connectivity index (χ1) is 19.7. The Morgan fingerprint density at radius 3 is 1.93 bits per heavy atom. The number of benzene rings is 2. The molecule has 0 aliphatic rings. The predicted molar refractivity (Wildman–Crippen MR) is 163 cm³/mol. The van der Waals surface area contributed by atoms with Gasteiger partial charge in [0.2, 0.25) is 5.82 Å². The summed E-state index contributed by atoms with van der Waals surface area (Å²) < 4.78 is 0. The van der Waals surface area contributed by atoms with Crippen molar-refractivity contribution in [1.29, 1.82) is 0 Å². The van der Waals surface area contributed by atoms with Gasteiger partial charge in [-0.05, 0) is 60.6 Å². The number of anilines is 1. The van der Waals surface area contributed by atoms with Crippen molar-refractivity contribution in [3.8, 4) is 34.0 Å². The van der Waals surface area contributed by atoms with Crippen molar-refractivity contribution in [2.24, 2.45) is 0 Å². The second-order valence-corrected chi connectivity index (χ2v) is 10.1. The molecule has 6 heteroatoms.